The first-order chi connectivity index (χ1) is 6.24. The normalized spacial score (nSPS) is 12.8. The Kier molecular flexibility index (Phi) is 4.19. The van der Waals surface area contributed by atoms with E-state index in [2.05, 4.69) is 11.9 Å². The number of pyridine rings is 1. The number of hydrogen-bond donors (Lipinski definition) is 1. The predicted molar refractivity (Wildman–Crippen MR) is 54.0 cm³/mol. The maximum Gasteiger partial charge on any atom is 0.0446 e. The molecule has 1 heterocycles. The SMILES string of the molecule is CC(CCCO)c1cc(Cl)ccn1. The lowest BCUT2D eigenvalue weighted by molar-refractivity contribution is 0.280. The Bertz CT molecular complexity index is 265. The van der Waals surface area contributed by atoms with Gasteiger partial charge in [-0.15, -0.1) is 0 Å². The largest absolute Gasteiger partial charge is 0.396 e. The Morgan fingerprint density at radius 1 is 1.62 bits per heavy atom. The summed E-state index contributed by atoms with van der Waals surface area (Å²) >= 11 is 5.83. The van der Waals surface area contributed by atoms with Crippen molar-refractivity contribution < 1.29 is 5.11 Å². The molecule has 13 heavy (non-hydrogen) atoms. The van der Waals surface area contributed by atoms with Crippen molar-refractivity contribution in [3.8, 4) is 0 Å². The van der Waals surface area contributed by atoms with Crippen molar-refractivity contribution in [1.82, 2.24) is 4.98 Å². The fourth-order valence-electron chi connectivity index (χ4n) is 1.24. The lowest BCUT2D eigenvalue weighted by Gasteiger charge is -2.09. The zero-order chi connectivity index (χ0) is 9.68. The van der Waals surface area contributed by atoms with Gasteiger partial charge in [-0.1, -0.05) is 18.5 Å². The van der Waals surface area contributed by atoms with Gasteiger partial charge in [0.25, 0.3) is 0 Å². The molecule has 1 unspecified atom stereocenters. The van der Waals surface area contributed by atoms with Crippen molar-refractivity contribution in [2.24, 2.45) is 0 Å². The Hall–Kier alpha value is -0.600. The third-order valence-corrected chi connectivity index (χ3v) is 2.28. The average Bonchev–Trinajstić information content (AvgIpc) is 2.14. The van der Waals surface area contributed by atoms with Crippen LogP contribution >= 0.6 is 11.6 Å². The second kappa shape index (κ2) is 5.20. The van der Waals surface area contributed by atoms with Crippen LogP contribution in [0.25, 0.3) is 0 Å². The highest BCUT2D eigenvalue weighted by molar-refractivity contribution is 6.30. The van der Waals surface area contributed by atoms with E-state index in [1.54, 1.807) is 12.3 Å². The van der Waals surface area contributed by atoms with Gasteiger partial charge >= 0.3 is 0 Å². The highest BCUT2D eigenvalue weighted by atomic mass is 35.5. The van der Waals surface area contributed by atoms with Gasteiger partial charge in [0.2, 0.25) is 0 Å². The van der Waals surface area contributed by atoms with Gasteiger partial charge < -0.3 is 5.11 Å². The van der Waals surface area contributed by atoms with Crippen LogP contribution in [0.4, 0.5) is 0 Å². The molecule has 2 nitrogen and oxygen atoms in total. The van der Waals surface area contributed by atoms with Crippen molar-refractivity contribution in [2.75, 3.05) is 6.61 Å². The number of aliphatic hydroxyl groups is 1. The molecule has 0 aromatic carbocycles. The van der Waals surface area contributed by atoms with E-state index in [-0.39, 0.29) is 6.61 Å². The average molecular weight is 200 g/mol. The molecule has 1 atom stereocenters. The molecule has 1 N–H and O–H groups in total. The molecule has 1 aromatic heterocycles. The summed E-state index contributed by atoms with van der Waals surface area (Å²) in [4.78, 5) is 4.23. The number of halogens is 1. The van der Waals surface area contributed by atoms with Crippen LogP contribution in [-0.4, -0.2) is 16.7 Å². The van der Waals surface area contributed by atoms with Gasteiger partial charge in [0.05, 0.1) is 0 Å². The summed E-state index contributed by atoms with van der Waals surface area (Å²) in [5, 5.41) is 9.39. The predicted octanol–water partition coefficient (Wildman–Crippen LogP) is 2.61. The lowest BCUT2D eigenvalue weighted by Crippen LogP contribution is -1.98. The Balaban J connectivity index is 2.60. The van der Waals surface area contributed by atoms with E-state index >= 15 is 0 Å². The summed E-state index contributed by atoms with van der Waals surface area (Å²) in [7, 11) is 0. The molecule has 0 amide bonds. The standard InChI is InChI=1S/C10H14ClNO/c1-8(3-2-6-13)10-7-9(11)4-5-12-10/h4-5,7-8,13H,2-3,6H2,1H3. The second-order valence-corrected chi connectivity index (χ2v) is 3.60. The third-order valence-electron chi connectivity index (χ3n) is 2.04. The molecular weight excluding hydrogens is 186 g/mol. The third kappa shape index (κ3) is 3.33. The molecule has 0 bridgehead atoms. The molecule has 0 aliphatic heterocycles. The quantitative estimate of drug-likeness (QED) is 0.809. The van der Waals surface area contributed by atoms with Gasteiger partial charge in [-0.25, -0.2) is 0 Å². The van der Waals surface area contributed by atoms with Crippen molar-refractivity contribution in [3.63, 3.8) is 0 Å². The van der Waals surface area contributed by atoms with Crippen LogP contribution in [0.1, 0.15) is 31.4 Å². The topological polar surface area (TPSA) is 33.1 Å². The fourth-order valence-corrected chi connectivity index (χ4v) is 1.40. The monoisotopic (exact) mass is 199 g/mol. The van der Waals surface area contributed by atoms with Crippen molar-refractivity contribution >= 4 is 11.6 Å². The number of hydrogen-bond acceptors (Lipinski definition) is 2. The van der Waals surface area contributed by atoms with Crippen LogP contribution in [0.15, 0.2) is 18.3 Å². The van der Waals surface area contributed by atoms with Crippen molar-refractivity contribution in [2.45, 2.75) is 25.7 Å². The zero-order valence-electron chi connectivity index (χ0n) is 7.70. The van der Waals surface area contributed by atoms with Crippen LogP contribution in [0, 0.1) is 0 Å². The molecule has 72 valence electrons. The van der Waals surface area contributed by atoms with E-state index in [4.69, 9.17) is 16.7 Å². The number of rotatable bonds is 4. The summed E-state index contributed by atoms with van der Waals surface area (Å²) in [6, 6.07) is 3.65. The van der Waals surface area contributed by atoms with Crippen LogP contribution < -0.4 is 0 Å². The molecule has 0 aliphatic rings. The molecule has 0 saturated heterocycles. The van der Waals surface area contributed by atoms with Crippen molar-refractivity contribution in [3.05, 3.63) is 29.0 Å². The van der Waals surface area contributed by atoms with E-state index in [9.17, 15) is 0 Å². The van der Waals surface area contributed by atoms with Gasteiger partial charge in [0.1, 0.15) is 0 Å². The zero-order valence-corrected chi connectivity index (χ0v) is 8.46. The summed E-state index contributed by atoms with van der Waals surface area (Å²) in [5.74, 6) is 0.367. The smallest absolute Gasteiger partial charge is 0.0446 e. The fraction of sp³-hybridized carbons (Fsp3) is 0.500. The Morgan fingerprint density at radius 2 is 2.38 bits per heavy atom. The Labute approximate surface area is 83.6 Å². The van der Waals surface area contributed by atoms with Gasteiger partial charge in [0.15, 0.2) is 0 Å². The first-order valence-electron chi connectivity index (χ1n) is 4.46. The Morgan fingerprint density at radius 3 is 3.00 bits per heavy atom. The molecule has 0 fully saturated rings. The number of nitrogens with zero attached hydrogens (tertiary/aromatic N) is 1. The molecule has 0 saturated carbocycles. The first kappa shape index (κ1) is 10.5. The number of aromatic nitrogens is 1. The molecule has 1 rings (SSSR count). The van der Waals surface area contributed by atoms with E-state index in [1.165, 1.54) is 0 Å². The van der Waals surface area contributed by atoms with E-state index < -0.39 is 0 Å². The van der Waals surface area contributed by atoms with E-state index in [0.717, 1.165) is 23.6 Å². The minimum absolute atomic E-state index is 0.241. The molecule has 0 spiro atoms. The lowest BCUT2D eigenvalue weighted by atomic mass is 10.0. The minimum atomic E-state index is 0.241. The van der Waals surface area contributed by atoms with Gasteiger partial charge in [-0.05, 0) is 30.9 Å². The molecular formula is C10H14ClNO. The van der Waals surface area contributed by atoms with Gasteiger partial charge in [-0.2, -0.15) is 0 Å². The van der Waals surface area contributed by atoms with Crippen LogP contribution in [0.3, 0.4) is 0 Å². The summed E-state index contributed by atoms with van der Waals surface area (Å²) in [6.07, 6.45) is 3.48. The maximum absolute atomic E-state index is 8.67. The summed E-state index contributed by atoms with van der Waals surface area (Å²) < 4.78 is 0. The highest BCUT2D eigenvalue weighted by Gasteiger charge is 2.06. The molecule has 1 aromatic rings. The highest BCUT2D eigenvalue weighted by Crippen LogP contribution is 2.20. The van der Waals surface area contributed by atoms with Gasteiger partial charge in [-0.3, -0.25) is 4.98 Å². The first-order valence-corrected chi connectivity index (χ1v) is 4.84. The van der Waals surface area contributed by atoms with Crippen LogP contribution in [0.5, 0.6) is 0 Å². The van der Waals surface area contributed by atoms with E-state index in [0.29, 0.717) is 5.92 Å². The number of aliphatic hydroxyl groups excluding tert-OH is 1. The van der Waals surface area contributed by atoms with Gasteiger partial charge in [0, 0.05) is 23.5 Å². The second-order valence-electron chi connectivity index (χ2n) is 3.17. The molecule has 0 aliphatic carbocycles. The molecule has 0 radical (unpaired) electrons. The van der Waals surface area contributed by atoms with Crippen LogP contribution in [-0.2, 0) is 0 Å². The molecule has 3 heteroatoms. The maximum atomic E-state index is 8.67. The van der Waals surface area contributed by atoms with Crippen molar-refractivity contribution in [1.29, 1.82) is 0 Å². The van der Waals surface area contributed by atoms with E-state index in [1.807, 2.05) is 6.07 Å². The minimum Gasteiger partial charge on any atom is -0.396 e. The summed E-state index contributed by atoms with van der Waals surface area (Å²) in [5.41, 5.74) is 1.00. The van der Waals surface area contributed by atoms with Crippen LogP contribution in [0.2, 0.25) is 5.02 Å². The summed E-state index contributed by atoms with van der Waals surface area (Å²) in [6.45, 7) is 2.33.